The van der Waals surface area contributed by atoms with Crippen LogP contribution in [-0.4, -0.2) is 111 Å². The Morgan fingerprint density at radius 2 is 1.70 bits per heavy atom. The summed E-state index contributed by atoms with van der Waals surface area (Å²) in [6.45, 7) is 8.40. The molecule has 0 spiro atoms. The second-order valence-corrected chi connectivity index (χ2v) is 14.0. The van der Waals surface area contributed by atoms with Crippen molar-refractivity contribution in [2.24, 2.45) is 11.8 Å². The van der Waals surface area contributed by atoms with Crippen molar-refractivity contribution in [3.05, 3.63) is 41.7 Å². The molecule has 16 heteroatoms. The molecule has 1 aromatic carbocycles. The number of nitrogens with one attached hydrogen (secondary N) is 2. The maximum absolute atomic E-state index is 13.2. The summed E-state index contributed by atoms with van der Waals surface area (Å²) in [7, 11) is 0. The smallest absolute Gasteiger partial charge is 0.326 e. The highest BCUT2D eigenvalue weighted by molar-refractivity contribution is 5.97. The molecule has 1 aliphatic rings. The van der Waals surface area contributed by atoms with Crippen molar-refractivity contribution in [3.63, 3.8) is 0 Å². The number of ether oxygens (including phenoxy) is 2. The summed E-state index contributed by atoms with van der Waals surface area (Å²) in [6, 6.07) is 5.30. The zero-order valence-corrected chi connectivity index (χ0v) is 31.3. The Morgan fingerprint density at radius 1 is 0.981 bits per heavy atom. The van der Waals surface area contributed by atoms with Gasteiger partial charge in [0.15, 0.2) is 16.9 Å². The van der Waals surface area contributed by atoms with E-state index < -0.39 is 17.9 Å². The average Bonchev–Trinajstić information content (AvgIpc) is 3.17. The van der Waals surface area contributed by atoms with Crippen molar-refractivity contribution < 1.29 is 38.9 Å². The maximum Gasteiger partial charge on any atom is 0.326 e. The van der Waals surface area contributed by atoms with Crippen LogP contribution in [0.5, 0.6) is 5.88 Å². The molecule has 4 rings (SSSR count). The minimum absolute atomic E-state index is 0.00184. The highest BCUT2D eigenvalue weighted by Crippen LogP contribution is 2.28. The largest absolute Gasteiger partial charge is 0.492 e. The molecule has 3 atom stereocenters. The summed E-state index contributed by atoms with van der Waals surface area (Å²) in [5.41, 5.74) is 7.29. The SMILES string of the molecule is CC(=O)COCCOCCN1CCCCC(C)C(CC(=O)CC[C@H](NC(=O)c2ccc(NCc3cnc4nc(N)nc(O)c4n3)cc2)C(=O)O)CCCC1. The lowest BCUT2D eigenvalue weighted by Crippen LogP contribution is -2.41. The minimum Gasteiger partial charge on any atom is -0.492 e. The highest BCUT2D eigenvalue weighted by atomic mass is 16.5. The Bertz CT molecular complexity index is 1690. The zero-order chi connectivity index (χ0) is 38.9. The van der Waals surface area contributed by atoms with Crippen LogP contribution in [0, 0.1) is 11.8 Å². The van der Waals surface area contributed by atoms with Crippen LogP contribution in [-0.2, 0) is 30.4 Å². The monoisotopic (exact) mass is 750 g/mol. The molecule has 0 radical (unpaired) electrons. The molecule has 1 fully saturated rings. The summed E-state index contributed by atoms with van der Waals surface area (Å²) >= 11 is 0. The van der Waals surface area contributed by atoms with E-state index in [0.29, 0.717) is 43.5 Å². The first kappa shape index (κ1) is 41.9. The summed E-state index contributed by atoms with van der Waals surface area (Å²) < 4.78 is 10.9. The third-order valence-corrected chi connectivity index (χ3v) is 9.60. The standard InChI is InChI=1S/C38H54N8O8/c1-25-7-3-5-15-46(17-18-53-19-20-54-24-26(2)47)16-6-4-8-28(25)21-31(48)13-14-32(37(51)52)43-35(49)27-9-11-29(12-10-27)40-22-30-23-41-34-33(42-30)36(50)45-38(39)44-34/h9-12,23,25,28,32,40H,3-8,13-22,24H2,1-2H3,(H,43,49)(H,51,52)(H3,39,41,44,45,50)/t25?,28?,32-/m0/s1. The fourth-order valence-corrected chi connectivity index (χ4v) is 6.49. The first-order valence-corrected chi connectivity index (χ1v) is 18.7. The number of anilines is 2. The molecular weight excluding hydrogens is 696 g/mol. The number of hydrogen-bond donors (Lipinski definition) is 5. The normalized spacial score (nSPS) is 17.7. The number of nitrogens with zero attached hydrogens (tertiary/aromatic N) is 5. The number of nitrogen functional groups attached to an aromatic ring is 1. The van der Waals surface area contributed by atoms with Crippen molar-refractivity contribution in [1.82, 2.24) is 30.2 Å². The van der Waals surface area contributed by atoms with Gasteiger partial charge in [0, 0.05) is 30.6 Å². The number of aromatic hydroxyl groups is 1. The van der Waals surface area contributed by atoms with Gasteiger partial charge in [-0.1, -0.05) is 26.2 Å². The summed E-state index contributed by atoms with van der Waals surface area (Å²) in [5.74, 6) is -1.57. The van der Waals surface area contributed by atoms with Gasteiger partial charge in [-0.25, -0.2) is 14.8 Å². The highest BCUT2D eigenvalue weighted by Gasteiger charge is 2.25. The van der Waals surface area contributed by atoms with Gasteiger partial charge in [-0.3, -0.25) is 14.4 Å². The number of aromatic nitrogens is 4. The van der Waals surface area contributed by atoms with Crippen LogP contribution in [0.4, 0.5) is 11.6 Å². The fraction of sp³-hybridized carbons (Fsp3) is 0.579. The Hall–Kier alpha value is -4.80. The van der Waals surface area contributed by atoms with Crippen LogP contribution >= 0.6 is 0 Å². The lowest BCUT2D eigenvalue weighted by Gasteiger charge is -2.23. The Kier molecular flexibility index (Phi) is 16.9. The predicted molar refractivity (Wildman–Crippen MR) is 202 cm³/mol. The molecular formula is C38H54N8O8. The molecule has 0 saturated carbocycles. The van der Waals surface area contributed by atoms with Crippen LogP contribution in [0.1, 0.15) is 87.7 Å². The molecule has 3 heterocycles. The topological polar surface area (TPSA) is 232 Å². The van der Waals surface area contributed by atoms with Gasteiger partial charge in [-0.2, -0.15) is 9.97 Å². The van der Waals surface area contributed by atoms with E-state index in [9.17, 15) is 29.4 Å². The summed E-state index contributed by atoms with van der Waals surface area (Å²) in [5, 5.41) is 25.6. The number of ketones is 2. The van der Waals surface area contributed by atoms with Gasteiger partial charge in [0.2, 0.25) is 11.8 Å². The molecule has 16 nitrogen and oxygen atoms in total. The quantitative estimate of drug-likeness (QED) is 0.110. The van der Waals surface area contributed by atoms with Gasteiger partial charge in [0.25, 0.3) is 5.91 Å². The predicted octanol–water partition coefficient (Wildman–Crippen LogP) is 3.77. The third kappa shape index (κ3) is 14.2. The van der Waals surface area contributed by atoms with Crippen molar-refractivity contribution in [2.75, 3.05) is 57.1 Å². The van der Waals surface area contributed by atoms with Gasteiger partial charge in [0.05, 0.1) is 38.3 Å². The van der Waals surface area contributed by atoms with Crippen molar-refractivity contribution in [3.8, 4) is 5.88 Å². The van der Waals surface area contributed by atoms with E-state index in [0.717, 1.165) is 58.2 Å². The van der Waals surface area contributed by atoms with Crippen LogP contribution in [0.15, 0.2) is 30.5 Å². The molecule has 6 N–H and O–H groups in total. The van der Waals surface area contributed by atoms with E-state index >= 15 is 0 Å². The first-order valence-electron chi connectivity index (χ1n) is 18.7. The molecule has 54 heavy (non-hydrogen) atoms. The average molecular weight is 751 g/mol. The van der Waals surface area contributed by atoms with E-state index in [1.807, 2.05) is 0 Å². The number of fused-ring (bicyclic) bond motifs is 1. The summed E-state index contributed by atoms with van der Waals surface area (Å²) in [6.07, 6.45) is 8.15. The molecule has 2 aromatic heterocycles. The Labute approximate surface area is 315 Å². The minimum atomic E-state index is -1.20. The number of carboxylic acids is 1. The number of aliphatic carboxylic acids is 1. The van der Waals surface area contributed by atoms with Crippen molar-refractivity contribution in [2.45, 2.75) is 84.2 Å². The first-order chi connectivity index (χ1) is 26.0. The van der Waals surface area contributed by atoms with E-state index in [1.165, 1.54) is 13.1 Å². The van der Waals surface area contributed by atoms with E-state index in [4.69, 9.17) is 15.2 Å². The van der Waals surface area contributed by atoms with Crippen LogP contribution < -0.4 is 16.4 Å². The lowest BCUT2D eigenvalue weighted by molar-refractivity contribution is -0.139. The van der Waals surface area contributed by atoms with Gasteiger partial charge in [0.1, 0.15) is 18.4 Å². The fourth-order valence-electron chi connectivity index (χ4n) is 6.49. The van der Waals surface area contributed by atoms with Crippen molar-refractivity contribution >= 4 is 46.2 Å². The van der Waals surface area contributed by atoms with E-state index in [2.05, 4.69) is 42.4 Å². The number of carbonyl (C=O) groups excluding carboxylic acids is 3. The maximum atomic E-state index is 13.2. The van der Waals surface area contributed by atoms with Crippen molar-refractivity contribution in [1.29, 1.82) is 0 Å². The van der Waals surface area contributed by atoms with E-state index in [1.54, 1.807) is 24.3 Å². The van der Waals surface area contributed by atoms with Crippen LogP contribution in [0.3, 0.4) is 0 Å². The second kappa shape index (κ2) is 21.8. The van der Waals surface area contributed by atoms with Crippen LogP contribution in [0.2, 0.25) is 0 Å². The summed E-state index contributed by atoms with van der Waals surface area (Å²) in [4.78, 5) is 67.7. The number of carbonyl (C=O) groups is 4. The molecule has 2 unspecified atom stereocenters. The second-order valence-electron chi connectivity index (χ2n) is 14.0. The Morgan fingerprint density at radius 3 is 2.43 bits per heavy atom. The van der Waals surface area contributed by atoms with Gasteiger partial charge in [-0.15, -0.1) is 0 Å². The third-order valence-electron chi connectivity index (χ3n) is 9.60. The Balaban J connectivity index is 1.19. The zero-order valence-electron chi connectivity index (χ0n) is 31.3. The number of amides is 1. The van der Waals surface area contributed by atoms with Gasteiger partial charge < -0.3 is 41.0 Å². The molecule has 0 bridgehead atoms. The lowest BCUT2D eigenvalue weighted by atomic mass is 9.82. The number of nitrogens with two attached hydrogens (primary N) is 1. The molecule has 294 valence electrons. The number of rotatable bonds is 19. The molecule has 1 amide bonds. The van der Waals surface area contributed by atoms with Crippen LogP contribution in [0.25, 0.3) is 11.2 Å². The number of benzene rings is 1. The van der Waals surface area contributed by atoms with E-state index in [-0.39, 0.29) is 72.0 Å². The number of carboxylic acid groups (broad SMARTS) is 1. The molecule has 1 saturated heterocycles. The molecule has 1 aliphatic heterocycles. The number of hydrogen-bond acceptors (Lipinski definition) is 14. The molecule has 3 aromatic rings. The molecule has 0 aliphatic carbocycles. The van der Waals surface area contributed by atoms with Gasteiger partial charge >= 0.3 is 5.97 Å². The number of Topliss-reactive ketones (excluding diaryl/α,β-unsaturated/α-hetero) is 2. The van der Waals surface area contributed by atoms with Gasteiger partial charge in [-0.05, 0) is 81.8 Å².